The Morgan fingerprint density at radius 1 is 0.686 bits per heavy atom. The minimum atomic E-state index is -1.38. The molecule has 0 fully saturated rings. The van der Waals surface area contributed by atoms with Gasteiger partial charge in [0.1, 0.15) is 5.58 Å². The largest absolute Gasteiger partial charge is 0.516 e. The minimum Gasteiger partial charge on any atom is -0.516 e. The molecule has 51 heavy (non-hydrogen) atoms. The number of ether oxygens (including phenoxy) is 1. The summed E-state index contributed by atoms with van der Waals surface area (Å²) in [6.45, 7) is 11.6. The number of rotatable bonds is 6. The number of fused-ring (bicyclic) bond motifs is 4. The van der Waals surface area contributed by atoms with Crippen LogP contribution in [0, 0.1) is 12.1 Å². The van der Waals surface area contributed by atoms with Crippen LogP contribution in [0.4, 0.5) is 0 Å². The van der Waals surface area contributed by atoms with Gasteiger partial charge in [-0.2, -0.15) is 0 Å². The molecule has 3 heterocycles. The average molecular weight is 861 g/mol. The molecule has 0 unspecified atom stereocenters. The normalized spacial score (nSPS) is 11.4. The van der Waals surface area contributed by atoms with Crippen molar-refractivity contribution < 1.29 is 29.3 Å². The summed E-state index contributed by atoms with van der Waals surface area (Å²) in [5, 5.41) is 5.93. The molecule has 0 saturated carbocycles. The van der Waals surface area contributed by atoms with E-state index in [1.807, 2.05) is 48.7 Å². The molecular weight excluding hydrogens is 821 g/mol. The number of hydrogen-bond acceptors (Lipinski definition) is 4. The monoisotopic (exact) mass is 861 g/mol. The molecule has 4 nitrogen and oxygen atoms in total. The quantitative estimate of drug-likeness (QED) is 0.123. The first-order valence-electron chi connectivity index (χ1n) is 17.0. The molecule has 0 bridgehead atoms. The van der Waals surface area contributed by atoms with Gasteiger partial charge in [-0.25, -0.2) is 0 Å². The summed E-state index contributed by atoms with van der Waals surface area (Å²) in [6, 6.07) is 45.7. The number of methoxy groups -OCH3 is 1. The van der Waals surface area contributed by atoms with E-state index in [-0.39, 0.29) is 20.1 Å². The van der Waals surface area contributed by atoms with Gasteiger partial charge in [0.15, 0.2) is 0 Å². The minimum absolute atomic E-state index is 0. The van der Waals surface area contributed by atoms with E-state index in [9.17, 15) is 0 Å². The number of nitrogens with zero attached hydrogens (tertiary/aromatic N) is 2. The predicted molar refractivity (Wildman–Crippen MR) is 211 cm³/mol. The summed E-state index contributed by atoms with van der Waals surface area (Å²) in [5.74, 6) is 1.34. The van der Waals surface area contributed by atoms with Crippen LogP contribution in [0.2, 0.25) is 19.6 Å². The van der Waals surface area contributed by atoms with Gasteiger partial charge in [0.25, 0.3) is 0 Å². The first-order chi connectivity index (χ1) is 24.2. The smallest absolute Gasteiger partial charge is 0.121 e. The van der Waals surface area contributed by atoms with Gasteiger partial charge in [-0.15, -0.1) is 48.0 Å². The number of benzene rings is 5. The summed E-state index contributed by atoms with van der Waals surface area (Å²) in [6.07, 6.45) is 3.98. The standard InChI is InChI=1S/C27H16NO.C18H24NOSi.Ir/c1-2-7-18(8-3-1)20-13-14-22-23-11-6-12-24(27(23)29-26(22)16-20)25-15-19-9-4-5-10-21(19)17-28-25;1-13(2)16-11-17(19-12-18(16)21(4,5)6)14-8-7-9-15(10-14)20-3;/h1-11,13-17H;7,9-13H,1-6H3;/q2*-1;. The number of hydrogen-bond donors (Lipinski definition) is 0. The van der Waals surface area contributed by atoms with Crippen molar-refractivity contribution in [1.82, 2.24) is 9.97 Å². The van der Waals surface area contributed by atoms with Gasteiger partial charge in [0.2, 0.25) is 0 Å². The third-order valence-electron chi connectivity index (χ3n) is 9.08. The van der Waals surface area contributed by atoms with Gasteiger partial charge in [0, 0.05) is 43.6 Å². The van der Waals surface area contributed by atoms with Crippen LogP contribution >= 0.6 is 0 Å². The van der Waals surface area contributed by atoms with Crippen molar-refractivity contribution in [3.8, 4) is 39.4 Å². The zero-order valence-corrected chi connectivity index (χ0v) is 33.1. The molecule has 0 spiro atoms. The molecule has 0 aliphatic rings. The maximum absolute atomic E-state index is 6.34. The Morgan fingerprint density at radius 2 is 1.41 bits per heavy atom. The molecule has 8 aromatic rings. The molecule has 0 saturated heterocycles. The van der Waals surface area contributed by atoms with Gasteiger partial charge >= 0.3 is 0 Å². The fraction of sp³-hybridized carbons (Fsp3) is 0.156. The zero-order valence-electron chi connectivity index (χ0n) is 29.7. The summed E-state index contributed by atoms with van der Waals surface area (Å²) >= 11 is 0. The third-order valence-corrected chi connectivity index (χ3v) is 11.1. The Morgan fingerprint density at radius 3 is 2.16 bits per heavy atom. The van der Waals surface area contributed by atoms with Crippen LogP contribution in [0.5, 0.6) is 5.75 Å². The SMILES string of the molecule is COc1cc[c-]c(-c2cc(C(C)C)c([Si](C)(C)C)cn2)c1.[Ir].[c-]1ccc2c(oc3cc(-c4ccccc4)ccc32)c1-c1cc2ccccc2cn1. The van der Waals surface area contributed by atoms with Crippen LogP contribution in [-0.2, 0) is 20.1 Å². The molecule has 1 radical (unpaired) electrons. The molecular formula is C45H40IrN2O2Si-2. The Balaban J connectivity index is 0.000000182. The van der Waals surface area contributed by atoms with E-state index < -0.39 is 8.07 Å². The fourth-order valence-electron chi connectivity index (χ4n) is 6.41. The van der Waals surface area contributed by atoms with Crippen LogP contribution in [0.1, 0.15) is 25.3 Å². The molecule has 257 valence electrons. The van der Waals surface area contributed by atoms with Crippen LogP contribution < -0.4 is 9.92 Å². The third kappa shape index (κ3) is 7.59. The molecule has 5 aromatic carbocycles. The summed E-state index contributed by atoms with van der Waals surface area (Å²) in [5.41, 5.74) is 9.17. The van der Waals surface area contributed by atoms with E-state index in [2.05, 4.69) is 135 Å². The van der Waals surface area contributed by atoms with Crippen molar-refractivity contribution in [2.24, 2.45) is 0 Å². The van der Waals surface area contributed by atoms with Crippen LogP contribution in [0.25, 0.3) is 66.4 Å². The summed E-state index contributed by atoms with van der Waals surface area (Å²) in [7, 11) is 0.301. The number of pyridine rings is 2. The second-order valence-electron chi connectivity index (χ2n) is 13.9. The molecule has 8 rings (SSSR count). The Bertz CT molecular complexity index is 2450. The molecule has 3 aromatic heterocycles. The summed E-state index contributed by atoms with van der Waals surface area (Å²) < 4.78 is 11.6. The van der Waals surface area contributed by atoms with E-state index in [1.54, 1.807) is 7.11 Å². The van der Waals surface area contributed by atoms with Crippen molar-refractivity contribution in [2.45, 2.75) is 39.4 Å². The van der Waals surface area contributed by atoms with E-state index in [0.29, 0.717) is 5.92 Å². The van der Waals surface area contributed by atoms with Crippen molar-refractivity contribution in [3.05, 3.63) is 145 Å². The van der Waals surface area contributed by atoms with Crippen LogP contribution in [0.15, 0.2) is 132 Å². The molecule has 6 heteroatoms. The molecule has 0 aliphatic heterocycles. The van der Waals surface area contributed by atoms with Gasteiger partial charge in [0.05, 0.1) is 20.8 Å². The maximum atomic E-state index is 6.34. The van der Waals surface area contributed by atoms with E-state index >= 15 is 0 Å². The Kier molecular flexibility index (Phi) is 10.7. The van der Waals surface area contributed by atoms with Crippen molar-refractivity contribution >= 4 is 46.0 Å². The summed E-state index contributed by atoms with van der Waals surface area (Å²) in [4.78, 5) is 9.35. The maximum Gasteiger partial charge on any atom is 0.121 e. The van der Waals surface area contributed by atoms with Crippen LogP contribution in [-0.4, -0.2) is 25.2 Å². The van der Waals surface area contributed by atoms with E-state index in [1.165, 1.54) is 16.3 Å². The topological polar surface area (TPSA) is 48.2 Å². The van der Waals surface area contributed by atoms with Crippen molar-refractivity contribution in [1.29, 1.82) is 0 Å². The second-order valence-corrected chi connectivity index (χ2v) is 18.9. The molecule has 0 amide bonds. The zero-order chi connectivity index (χ0) is 34.8. The van der Waals surface area contributed by atoms with Crippen molar-refractivity contribution in [2.75, 3.05) is 7.11 Å². The van der Waals surface area contributed by atoms with E-state index in [0.717, 1.165) is 66.5 Å². The second kappa shape index (κ2) is 15.2. The Hall–Kier alpha value is -4.87. The molecule has 0 aliphatic carbocycles. The molecule has 0 atom stereocenters. The first kappa shape index (κ1) is 35.9. The average Bonchev–Trinajstić information content (AvgIpc) is 3.53. The van der Waals surface area contributed by atoms with E-state index in [4.69, 9.17) is 9.15 Å². The first-order valence-corrected chi connectivity index (χ1v) is 20.5. The number of aromatic nitrogens is 2. The van der Waals surface area contributed by atoms with Crippen molar-refractivity contribution in [3.63, 3.8) is 0 Å². The molecule has 0 N–H and O–H groups in total. The number of furan rings is 1. The van der Waals surface area contributed by atoms with Gasteiger partial charge in [-0.1, -0.05) is 129 Å². The predicted octanol–water partition coefficient (Wildman–Crippen LogP) is 11.5. The Labute approximate surface area is 314 Å². The van der Waals surface area contributed by atoms with Crippen LogP contribution in [0.3, 0.4) is 0 Å². The van der Waals surface area contributed by atoms with Gasteiger partial charge in [-0.3, -0.25) is 0 Å². The fourth-order valence-corrected chi connectivity index (χ4v) is 8.08. The van der Waals surface area contributed by atoms with Gasteiger partial charge < -0.3 is 19.1 Å². The van der Waals surface area contributed by atoms with Gasteiger partial charge in [-0.05, 0) is 50.5 Å².